The number of halogens is 1. The molecule has 82 valence electrons. The van der Waals surface area contributed by atoms with Crippen LogP contribution in [0, 0.1) is 0 Å². The van der Waals surface area contributed by atoms with Gasteiger partial charge in [-0.25, -0.2) is 9.18 Å². The second-order valence-corrected chi connectivity index (χ2v) is 3.69. The molecule has 0 spiro atoms. The number of nitrogens with one attached hydrogen (secondary N) is 1. The zero-order chi connectivity index (χ0) is 11.2. The Morgan fingerprint density at radius 1 is 1.57 bits per heavy atom. The summed E-state index contributed by atoms with van der Waals surface area (Å²) >= 11 is 0. The number of hydrogen-bond acceptors (Lipinski definition) is 3. The van der Waals surface area contributed by atoms with Crippen LogP contribution in [-0.2, 0) is 4.74 Å². The number of aliphatic hydroxyl groups is 1. The monoisotopic (exact) mass is 205 g/mol. The van der Waals surface area contributed by atoms with E-state index in [4.69, 9.17) is 9.84 Å². The van der Waals surface area contributed by atoms with E-state index in [0.717, 1.165) is 6.08 Å². The van der Waals surface area contributed by atoms with Crippen molar-refractivity contribution in [1.29, 1.82) is 0 Å². The van der Waals surface area contributed by atoms with Crippen LogP contribution in [0.25, 0.3) is 0 Å². The highest BCUT2D eigenvalue weighted by molar-refractivity contribution is 5.67. The summed E-state index contributed by atoms with van der Waals surface area (Å²) in [6.07, 6.45) is 0.462. The molecule has 0 bridgehead atoms. The first-order valence-electron chi connectivity index (χ1n) is 4.27. The number of alkyl carbamates (subject to hydrolysis) is 1. The summed E-state index contributed by atoms with van der Waals surface area (Å²) < 4.78 is 17.2. The molecule has 0 fully saturated rings. The Balaban J connectivity index is 3.76. The van der Waals surface area contributed by atoms with Gasteiger partial charge in [0.05, 0.1) is 6.61 Å². The van der Waals surface area contributed by atoms with Crippen molar-refractivity contribution in [1.82, 2.24) is 5.32 Å². The van der Waals surface area contributed by atoms with Crippen LogP contribution in [0.4, 0.5) is 9.18 Å². The van der Waals surface area contributed by atoms with E-state index in [2.05, 4.69) is 5.32 Å². The van der Waals surface area contributed by atoms with Gasteiger partial charge in [-0.1, -0.05) is 0 Å². The maximum atomic E-state index is 12.3. The van der Waals surface area contributed by atoms with Crippen molar-refractivity contribution in [2.24, 2.45) is 0 Å². The van der Waals surface area contributed by atoms with Crippen LogP contribution in [-0.4, -0.2) is 30.0 Å². The molecule has 14 heavy (non-hydrogen) atoms. The Kier molecular flexibility index (Phi) is 5.15. The fourth-order valence-electron chi connectivity index (χ4n) is 0.624. The number of ether oxygens (including phenoxy) is 1. The fourth-order valence-corrected chi connectivity index (χ4v) is 0.624. The minimum absolute atomic E-state index is 0.00130. The molecule has 0 saturated heterocycles. The van der Waals surface area contributed by atoms with Gasteiger partial charge in [-0.15, -0.1) is 0 Å². The normalized spacial score (nSPS) is 12.5. The topological polar surface area (TPSA) is 58.6 Å². The van der Waals surface area contributed by atoms with E-state index in [1.807, 2.05) is 0 Å². The van der Waals surface area contributed by atoms with Gasteiger partial charge in [0.15, 0.2) is 0 Å². The minimum Gasteiger partial charge on any atom is -0.444 e. The molecular weight excluding hydrogens is 189 g/mol. The maximum Gasteiger partial charge on any atom is 0.407 e. The molecule has 0 unspecified atom stereocenters. The van der Waals surface area contributed by atoms with Gasteiger partial charge < -0.3 is 15.2 Å². The molecule has 4 nitrogen and oxygen atoms in total. The van der Waals surface area contributed by atoms with E-state index < -0.39 is 24.1 Å². The fraction of sp³-hybridized carbons (Fsp3) is 0.667. The van der Waals surface area contributed by atoms with Crippen LogP contribution in [0.5, 0.6) is 0 Å². The summed E-state index contributed by atoms with van der Waals surface area (Å²) in [7, 11) is 0. The van der Waals surface area contributed by atoms with Crippen molar-refractivity contribution < 1.29 is 19.0 Å². The molecule has 0 aliphatic heterocycles. The summed E-state index contributed by atoms with van der Waals surface area (Å²) in [5.74, 6) is -0.680. The number of rotatable bonds is 3. The summed E-state index contributed by atoms with van der Waals surface area (Å²) in [6.45, 7) is 4.54. The Hall–Kier alpha value is -1.10. The number of aliphatic hydroxyl groups excluding tert-OH is 1. The number of carbonyl (C=O) groups is 1. The van der Waals surface area contributed by atoms with Gasteiger partial charge in [0.2, 0.25) is 0 Å². The third-order valence-electron chi connectivity index (χ3n) is 1.12. The van der Waals surface area contributed by atoms with Crippen LogP contribution < -0.4 is 5.32 Å². The van der Waals surface area contributed by atoms with Gasteiger partial charge in [-0.2, -0.15) is 0 Å². The molecule has 5 heteroatoms. The van der Waals surface area contributed by atoms with Crippen LogP contribution in [0.15, 0.2) is 11.9 Å². The zero-order valence-corrected chi connectivity index (χ0v) is 8.63. The maximum absolute atomic E-state index is 12.3. The lowest BCUT2D eigenvalue weighted by molar-refractivity contribution is 0.0534. The SMILES string of the molecule is CC(C)(C)OC(=O)NCC=C(F)CO. The van der Waals surface area contributed by atoms with Crippen molar-refractivity contribution in [3.8, 4) is 0 Å². The summed E-state index contributed by atoms with van der Waals surface area (Å²) in [4.78, 5) is 11.0. The highest BCUT2D eigenvalue weighted by Crippen LogP contribution is 2.06. The Bertz CT molecular complexity index is 221. The Labute approximate surface area is 82.8 Å². The summed E-state index contributed by atoms with van der Waals surface area (Å²) in [5.41, 5.74) is -0.566. The van der Waals surface area contributed by atoms with Crippen molar-refractivity contribution in [3.63, 3.8) is 0 Å². The molecule has 0 rings (SSSR count). The molecule has 1 amide bonds. The van der Waals surface area contributed by atoms with Crippen molar-refractivity contribution in [2.45, 2.75) is 26.4 Å². The molecule has 2 N–H and O–H groups in total. The first-order chi connectivity index (χ1) is 6.35. The lowest BCUT2D eigenvalue weighted by Crippen LogP contribution is -2.32. The molecule has 0 aromatic rings. The van der Waals surface area contributed by atoms with Crippen molar-refractivity contribution >= 4 is 6.09 Å². The van der Waals surface area contributed by atoms with Gasteiger partial charge in [0.25, 0.3) is 0 Å². The lowest BCUT2D eigenvalue weighted by atomic mass is 10.2. The Morgan fingerprint density at radius 2 is 2.14 bits per heavy atom. The van der Waals surface area contributed by atoms with Crippen molar-refractivity contribution in [3.05, 3.63) is 11.9 Å². The second kappa shape index (κ2) is 5.59. The van der Waals surface area contributed by atoms with E-state index in [0.29, 0.717) is 0 Å². The summed E-state index contributed by atoms with van der Waals surface area (Å²) in [6, 6.07) is 0. The van der Waals surface area contributed by atoms with Gasteiger partial charge in [0, 0.05) is 6.54 Å². The van der Waals surface area contributed by atoms with Crippen LogP contribution in [0.3, 0.4) is 0 Å². The van der Waals surface area contributed by atoms with Gasteiger partial charge in [-0.05, 0) is 26.8 Å². The number of amides is 1. The average molecular weight is 205 g/mol. The first kappa shape index (κ1) is 12.9. The second-order valence-electron chi connectivity index (χ2n) is 3.69. The number of carbonyl (C=O) groups excluding carboxylic acids is 1. The average Bonchev–Trinajstić information content (AvgIpc) is 2.00. The number of hydrogen-bond donors (Lipinski definition) is 2. The molecule has 0 heterocycles. The predicted octanol–water partition coefficient (Wildman–Crippen LogP) is 1.36. The van der Waals surface area contributed by atoms with Gasteiger partial charge >= 0.3 is 6.09 Å². The lowest BCUT2D eigenvalue weighted by Gasteiger charge is -2.19. The highest BCUT2D eigenvalue weighted by atomic mass is 19.1. The van der Waals surface area contributed by atoms with E-state index >= 15 is 0 Å². The van der Waals surface area contributed by atoms with Gasteiger partial charge in [0.1, 0.15) is 11.4 Å². The molecule has 0 radical (unpaired) electrons. The van der Waals surface area contributed by atoms with Crippen LogP contribution in [0.2, 0.25) is 0 Å². The molecule has 0 aromatic heterocycles. The third-order valence-corrected chi connectivity index (χ3v) is 1.12. The largest absolute Gasteiger partial charge is 0.444 e. The Morgan fingerprint density at radius 3 is 2.57 bits per heavy atom. The van der Waals surface area contributed by atoms with E-state index in [1.54, 1.807) is 20.8 Å². The van der Waals surface area contributed by atoms with Crippen LogP contribution >= 0.6 is 0 Å². The summed E-state index contributed by atoms with van der Waals surface area (Å²) in [5, 5.41) is 10.6. The molecule has 0 aromatic carbocycles. The quantitative estimate of drug-likeness (QED) is 0.731. The minimum atomic E-state index is -0.680. The molecule has 0 aliphatic rings. The van der Waals surface area contributed by atoms with E-state index in [9.17, 15) is 9.18 Å². The standard InChI is InChI=1S/C9H16FNO3/c1-9(2,3)14-8(13)11-5-4-7(10)6-12/h4,12H,5-6H2,1-3H3,(H,11,13). The molecule has 0 aliphatic carbocycles. The zero-order valence-electron chi connectivity index (χ0n) is 8.63. The molecule has 0 atom stereocenters. The molecular formula is C9H16FNO3. The van der Waals surface area contributed by atoms with E-state index in [-0.39, 0.29) is 6.54 Å². The van der Waals surface area contributed by atoms with E-state index in [1.165, 1.54) is 0 Å². The van der Waals surface area contributed by atoms with Crippen molar-refractivity contribution in [2.75, 3.05) is 13.2 Å². The molecule has 0 saturated carbocycles. The smallest absolute Gasteiger partial charge is 0.407 e. The highest BCUT2D eigenvalue weighted by Gasteiger charge is 2.15. The predicted molar refractivity (Wildman–Crippen MR) is 50.5 cm³/mol. The van der Waals surface area contributed by atoms with Crippen LogP contribution in [0.1, 0.15) is 20.8 Å². The van der Waals surface area contributed by atoms with Gasteiger partial charge in [-0.3, -0.25) is 0 Å². The first-order valence-corrected chi connectivity index (χ1v) is 4.27. The third kappa shape index (κ3) is 7.54.